The van der Waals surface area contributed by atoms with Crippen LogP contribution in [0.1, 0.15) is 42.9 Å². The number of nitrogens with one attached hydrogen (secondary N) is 2. The summed E-state index contributed by atoms with van der Waals surface area (Å²) in [4.78, 5) is 33.9. The number of H-pyrrole nitrogens is 1. The second-order valence-corrected chi connectivity index (χ2v) is 6.86. The highest BCUT2D eigenvalue weighted by Crippen LogP contribution is 2.15. The lowest BCUT2D eigenvalue weighted by molar-refractivity contribution is -0.135. The molecular weight excluding hydrogens is 304 g/mol. The molecule has 3 rings (SSSR count). The zero-order valence-corrected chi connectivity index (χ0v) is 14.4. The van der Waals surface area contributed by atoms with Gasteiger partial charge in [-0.05, 0) is 37.5 Å². The summed E-state index contributed by atoms with van der Waals surface area (Å²) in [5, 5.41) is 3.01. The minimum absolute atomic E-state index is 0.0157. The summed E-state index contributed by atoms with van der Waals surface area (Å²) < 4.78 is 0. The molecule has 0 spiro atoms. The lowest BCUT2D eigenvalue weighted by Gasteiger charge is -2.34. The Balaban J connectivity index is 1.68. The first-order valence-electron chi connectivity index (χ1n) is 8.50. The van der Waals surface area contributed by atoms with Crippen LogP contribution in [0.2, 0.25) is 0 Å². The van der Waals surface area contributed by atoms with E-state index in [0.717, 1.165) is 36.0 Å². The number of carbonyl (C=O) groups is 2. The van der Waals surface area contributed by atoms with Crippen LogP contribution in [0.3, 0.4) is 0 Å². The molecule has 6 heteroatoms. The van der Waals surface area contributed by atoms with Gasteiger partial charge in [0.25, 0.3) is 5.91 Å². The SMILES string of the molecule is Cc1ccc2nc(C(=O)N[C@H]3CCCN(C(=O)C(C)C)C3)[nH]c2c1. The van der Waals surface area contributed by atoms with Crippen LogP contribution in [0, 0.1) is 12.8 Å². The molecule has 0 radical (unpaired) electrons. The van der Waals surface area contributed by atoms with Crippen molar-refractivity contribution in [3.05, 3.63) is 29.6 Å². The number of piperidine rings is 1. The molecule has 0 unspecified atom stereocenters. The van der Waals surface area contributed by atoms with Gasteiger partial charge in [-0.15, -0.1) is 0 Å². The minimum atomic E-state index is -0.215. The molecular formula is C18H24N4O2. The molecule has 1 aromatic carbocycles. The van der Waals surface area contributed by atoms with Crippen LogP contribution in [-0.4, -0.2) is 45.8 Å². The van der Waals surface area contributed by atoms with Crippen molar-refractivity contribution in [1.29, 1.82) is 0 Å². The van der Waals surface area contributed by atoms with E-state index in [0.29, 0.717) is 12.4 Å². The molecule has 2 heterocycles. The predicted molar refractivity (Wildman–Crippen MR) is 92.7 cm³/mol. The highest BCUT2D eigenvalue weighted by atomic mass is 16.2. The van der Waals surface area contributed by atoms with E-state index in [1.165, 1.54) is 0 Å². The van der Waals surface area contributed by atoms with Gasteiger partial charge in [0.15, 0.2) is 5.82 Å². The molecule has 1 aromatic heterocycles. The number of hydrogen-bond donors (Lipinski definition) is 2. The fourth-order valence-electron chi connectivity index (χ4n) is 3.15. The quantitative estimate of drug-likeness (QED) is 0.907. The number of likely N-dealkylation sites (tertiary alicyclic amines) is 1. The van der Waals surface area contributed by atoms with Crippen LogP contribution in [0.5, 0.6) is 0 Å². The number of amides is 2. The number of carbonyl (C=O) groups excluding carboxylic acids is 2. The summed E-state index contributed by atoms with van der Waals surface area (Å²) in [5.74, 6) is 0.238. The van der Waals surface area contributed by atoms with Crippen LogP contribution in [0.15, 0.2) is 18.2 Å². The molecule has 1 aliphatic rings. The lowest BCUT2D eigenvalue weighted by atomic mass is 10.0. The molecule has 1 aliphatic heterocycles. The highest BCUT2D eigenvalue weighted by molar-refractivity contribution is 5.94. The number of benzene rings is 1. The average molecular weight is 328 g/mol. The monoisotopic (exact) mass is 328 g/mol. The molecule has 0 bridgehead atoms. The molecule has 1 saturated heterocycles. The third-order valence-electron chi connectivity index (χ3n) is 4.41. The molecule has 2 N–H and O–H groups in total. The maximum Gasteiger partial charge on any atom is 0.287 e. The van der Waals surface area contributed by atoms with Gasteiger partial charge in [-0.25, -0.2) is 4.98 Å². The van der Waals surface area contributed by atoms with Gasteiger partial charge in [-0.2, -0.15) is 0 Å². The van der Waals surface area contributed by atoms with Gasteiger partial charge in [-0.3, -0.25) is 9.59 Å². The maximum atomic E-state index is 12.5. The Morgan fingerprint density at radius 3 is 2.92 bits per heavy atom. The zero-order valence-electron chi connectivity index (χ0n) is 14.4. The van der Waals surface area contributed by atoms with Gasteiger partial charge < -0.3 is 15.2 Å². The summed E-state index contributed by atoms with van der Waals surface area (Å²) in [7, 11) is 0. The number of fused-ring (bicyclic) bond motifs is 1. The number of nitrogens with zero attached hydrogens (tertiary/aromatic N) is 2. The van der Waals surface area contributed by atoms with Crippen LogP contribution < -0.4 is 5.32 Å². The van der Waals surface area contributed by atoms with E-state index in [-0.39, 0.29) is 23.8 Å². The summed E-state index contributed by atoms with van der Waals surface area (Å²) in [6.45, 7) is 7.15. The molecule has 24 heavy (non-hydrogen) atoms. The Kier molecular flexibility index (Phi) is 4.55. The van der Waals surface area contributed by atoms with Crippen LogP contribution in [0.25, 0.3) is 11.0 Å². The first-order valence-corrected chi connectivity index (χ1v) is 8.50. The van der Waals surface area contributed by atoms with Crippen molar-refractivity contribution in [3.63, 3.8) is 0 Å². The second-order valence-electron chi connectivity index (χ2n) is 6.86. The number of hydrogen-bond acceptors (Lipinski definition) is 3. The predicted octanol–water partition coefficient (Wildman–Crippen LogP) is 2.25. The van der Waals surface area contributed by atoms with Gasteiger partial charge in [-0.1, -0.05) is 19.9 Å². The van der Waals surface area contributed by atoms with Crippen molar-refractivity contribution >= 4 is 22.8 Å². The largest absolute Gasteiger partial charge is 0.345 e. The van der Waals surface area contributed by atoms with Crippen LogP contribution in [-0.2, 0) is 4.79 Å². The van der Waals surface area contributed by atoms with Crippen molar-refractivity contribution in [2.75, 3.05) is 13.1 Å². The third-order valence-corrected chi connectivity index (χ3v) is 4.41. The number of aryl methyl sites for hydroxylation is 1. The van der Waals surface area contributed by atoms with Crippen molar-refractivity contribution in [3.8, 4) is 0 Å². The average Bonchev–Trinajstić information content (AvgIpc) is 2.97. The van der Waals surface area contributed by atoms with Crippen molar-refractivity contribution in [2.45, 2.75) is 39.7 Å². The van der Waals surface area contributed by atoms with E-state index in [1.807, 2.05) is 43.9 Å². The van der Waals surface area contributed by atoms with Gasteiger partial charge in [0.05, 0.1) is 11.0 Å². The molecule has 128 valence electrons. The summed E-state index contributed by atoms with van der Waals surface area (Å²) >= 11 is 0. The minimum Gasteiger partial charge on any atom is -0.345 e. The Labute approximate surface area is 141 Å². The summed E-state index contributed by atoms with van der Waals surface area (Å²) in [5.41, 5.74) is 2.76. The first kappa shape index (κ1) is 16.5. The van der Waals surface area contributed by atoms with E-state index < -0.39 is 0 Å². The lowest BCUT2D eigenvalue weighted by Crippen LogP contribution is -2.50. The Morgan fingerprint density at radius 1 is 1.38 bits per heavy atom. The van der Waals surface area contributed by atoms with Crippen molar-refractivity contribution < 1.29 is 9.59 Å². The number of aromatic nitrogens is 2. The number of aromatic amines is 1. The fraction of sp³-hybridized carbons (Fsp3) is 0.500. The van der Waals surface area contributed by atoms with E-state index in [9.17, 15) is 9.59 Å². The van der Waals surface area contributed by atoms with Gasteiger partial charge in [0, 0.05) is 25.0 Å². The smallest absolute Gasteiger partial charge is 0.287 e. The van der Waals surface area contributed by atoms with Crippen LogP contribution >= 0.6 is 0 Å². The molecule has 0 saturated carbocycles. The topological polar surface area (TPSA) is 78.1 Å². The van der Waals surface area contributed by atoms with Crippen LogP contribution in [0.4, 0.5) is 0 Å². The number of imidazole rings is 1. The fourth-order valence-corrected chi connectivity index (χ4v) is 3.15. The molecule has 6 nitrogen and oxygen atoms in total. The van der Waals surface area contributed by atoms with E-state index in [2.05, 4.69) is 15.3 Å². The Morgan fingerprint density at radius 2 is 2.17 bits per heavy atom. The van der Waals surface area contributed by atoms with Crippen molar-refractivity contribution in [1.82, 2.24) is 20.2 Å². The van der Waals surface area contributed by atoms with E-state index in [4.69, 9.17) is 0 Å². The summed E-state index contributed by atoms with van der Waals surface area (Å²) in [6, 6.07) is 5.83. The third kappa shape index (κ3) is 3.42. The first-order chi connectivity index (χ1) is 11.4. The van der Waals surface area contributed by atoms with E-state index >= 15 is 0 Å². The molecule has 2 aromatic rings. The molecule has 0 aliphatic carbocycles. The second kappa shape index (κ2) is 6.63. The van der Waals surface area contributed by atoms with Gasteiger partial charge in [0.1, 0.15) is 0 Å². The van der Waals surface area contributed by atoms with Gasteiger partial charge in [0.2, 0.25) is 5.91 Å². The standard InChI is InChI=1S/C18H24N4O2/c1-11(2)18(24)22-8-4-5-13(10-22)19-17(23)16-20-14-7-6-12(3)9-15(14)21-16/h6-7,9,11,13H,4-5,8,10H2,1-3H3,(H,19,23)(H,20,21)/t13-/m0/s1. The Bertz CT molecular complexity index is 765. The summed E-state index contributed by atoms with van der Waals surface area (Å²) in [6.07, 6.45) is 1.79. The normalized spacial score (nSPS) is 18.2. The maximum absolute atomic E-state index is 12.5. The van der Waals surface area contributed by atoms with E-state index in [1.54, 1.807) is 0 Å². The zero-order chi connectivity index (χ0) is 17.3. The number of rotatable bonds is 3. The van der Waals surface area contributed by atoms with Gasteiger partial charge >= 0.3 is 0 Å². The Hall–Kier alpha value is -2.37. The molecule has 1 atom stereocenters. The highest BCUT2D eigenvalue weighted by Gasteiger charge is 2.26. The molecule has 2 amide bonds. The van der Waals surface area contributed by atoms with Crippen molar-refractivity contribution in [2.24, 2.45) is 5.92 Å². The molecule has 1 fully saturated rings.